The Labute approximate surface area is 121 Å². The lowest BCUT2D eigenvalue weighted by Crippen LogP contribution is -2.33. The first kappa shape index (κ1) is 15.3. The molecule has 0 aromatic heterocycles. The van der Waals surface area contributed by atoms with Gasteiger partial charge in [0.2, 0.25) is 0 Å². The number of benzene rings is 1. The standard InChI is InChI=1S/C14H17FN2O4/c1-8(2)14(3)6-4-5-9-10(14)7-11(16(18)19)12(15)13(9)17(20)21/h7-8H,4-6H2,1-3H3. The van der Waals surface area contributed by atoms with E-state index in [1.54, 1.807) is 0 Å². The fourth-order valence-corrected chi connectivity index (χ4v) is 3.12. The van der Waals surface area contributed by atoms with E-state index < -0.39 is 32.5 Å². The fourth-order valence-electron chi connectivity index (χ4n) is 3.12. The van der Waals surface area contributed by atoms with Gasteiger partial charge in [-0.15, -0.1) is 0 Å². The van der Waals surface area contributed by atoms with Gasteiger partial charge in [-0.2, -0.15) is 4.39 Å². The van der Waals surface area contributed by atoms with Crippen LogP contribution < -0.4 is 0 Å². The van der Waals surface area contributed by atoms with Crippen LogP contribution in [0.2, 0.25) is 0 Å². The van der Waals surface area contributed by atoms with Crippen LogP contribution >= 0.6 is 0 Å². The molecule has 0 spiro atoms. The van der Waals surface area contributed by atoms with Crippen molar-refractivity contribution >= 4 is 11.4 Å². The Morgan fingerprint density at radius 1 is 1.29 bits per heavy atom. The maximum atomic E-state index is 14.1. The van der Waals surface area contributed by atoms with Crippen LogP contribution in [0.15, 0.2) is 6.07 Å². The minimum atomic E-state index is -1.34. The third-order valence-corrected chi connectivity index (χ3v) is 4.72. The molecule has 1 atom stereocenters. The predicted molar refractivity (Wildman–Crippen MR) is 74.8 cm³/mol. The molecule has 1 aromatic rings. The third kappa shape index (κ3) is 2.26. The first-order valence-corrected chi connectivity index (χ1v) is 6.84. The van der Waals surface area contributed by atoms with Crippen molar-refractivity contribution in [2.75, 3.05) is 0 Å². The Hall–Kier alpha value is -2.05. The molecule has 0 saturated heterocycles. The van der Waals surface area contributed by atoms with E-state index in [4.69, 9.17) is 0 Å². The lowest BCUT2D eigenvalue weighted by atomic mass is 9.65. The summed E-state index contributed by atoms with van der Waals surface area (Å²) in [6.45, 7) is 5.87. The Morgan fingerprint density at radius 2 is 1.90 bits per heavy atom. The average molecular weight is 296 g/mol. The number of fused-ring (bicyclic) bond motifs is 1. The summed E-state index contributed by atoms with van der Waals surface area (Å²) in [5, 5.41) is 22.2. The van der Waals surface area contributed by atoms with Gasteiger partial charge >= 0.3 is 11.4 Å². The van der Waals surface area contributed by atoms with E-state index in [9.17, 15) is 24.6 Å². The number of nitrogens with zero attached hydrogens (tertiary/aromatic N) is 2. The second-order valence-corrected chi connectivity index (χ2v) is 6.02. The molecule has 1 aliphatic rings. The van der Waals surface area contributed by atoms with Crippen molar-refractivity contribution in [3.05, 3.63) is 43.2 Å². The van der Waals surface area contributed by atoms with Gasteiger partial charge in [0.25, 0.3) is 5.82 Å². The molecule has 7 heteroatoms. The van der Waals surface area contributed by atoms with E-state index in [1.807, 2.05) is 20.8 Å². The van der Waals surface area contributed by atoms with Gasteiger partial charge < -0.3 is 0 Å². The van der Waals surface area contributed by atoms with E-state index in [-0.39, 0.29) is 5.92 Å². The molecule has 0 bridgehead atoms. The minimum absolute atomic E-state index is 0.140. The fraction of sp³-hybridized carbons (Fsp3) is 0.571. The maximum absolute atomic E-state index is 14.1. The van der Waals surface area contributed by atoms with Crippen LogP contribution in [-0.4, -0.2) is 9.85 Å². The Morgan fingerprint density at radius 3 is 2.38 bits per heavy atom. The van der Waals surface area contributed by atoms with Gasteiger partial charge in [-0.3, -0.25) is 20.2 Å². The summed E-state index contributed by atoms with van der Waals surface area (Å²) in [4.78, 5) is 20.5. The zero-order valence-electron chi connectivity index (χ0n) is 12.2. The smallest absolute Gasteiger partial charge is 0.258 e. The SMILES string of the molecule is CC(C)C1(C)CCCc2c1cc([N+](=O)[O-])c(F)c2[N+](=O)[O-]. The largest absolute Gasteiger partial charge is 0.315 e. The lowest BCUT2D eigenvalue weighted by Gasteiger charge is -2.39. The molecule has 0 radical (unpaired) electrons. The van der Waals surface area contributed by atoms with Crippen LogP contribution in [0.4, 0.5) is 15.8 Å². The summed E-state index contributed by atoms with van der Waals surface area (Å²) in [5.74, 6) is -1.20. The third-order valence-electron chi connectivity index (χ3n) is 4.72. The normalized spacial score (nSPS) is 21.2. The van der Waals surface area contributed by atoms with Crippen molar-refractivity contribution in [1.82, 2.24) is 0 Å². The summed E-state index contributed by atoms with van der Waals surface area (Å²) < 4.78 is 14.1. The van der Waals surface area contributed by atoms with E-state index in [1.165, 1.54) is 6.07 Å². The number of nitro groups is 2. The predicted octanol–water partition coefficient (Wildman–Crippen LogP) is 3.89. The highest BCUT2D eigenvalue weighted by Gasteiger charge is 2.42. The summed E-state index contributed by atoms with van der Waals surface area (Å²) >= 11 is 0. The van der Waals surface area contributed by atoms with Gasteiger partial charge in [0.05, 0.1) is 9.85 Å². The summed E-state index contributed by atoms with van der Waals surface area (Å²) in [6.07, 6.45) is 1.86. The first-order valence-electron chi connectivity index (χ1n) is 6.84. The molecule has 0 N–H and O–H groups in total. The van der Waals surface area contributed by atoms with Gasteiger partial charge in [-0.1, -0.05) is 20.8 Å². The monoisotopic (exact) mass is 296 g/mol. The summed E-state index contributed by atoms with van der Waals surface area (Å²) in [7, 11) is 0. The van der Waals surface area contributed by atoms with Crippen LogP contribution in [0.1, 0.15) is 44.7 Å². The minimum Gasteiger partial charge on any atom is -0.258 e. The van der Waals surface area contributed by atoms with Crippen molar-refractivity contribution in [3.63, 3.8) is 0 Å². The van der Waals surface area contributed by atoms with Crippen molar-refractivity contribution in [3.8, 4) is 0 Å². The van der Waals surface area contributed by atoms with Gasteiger partial charge in [-0.25, -0.2) is 0 Å². The Bertz CT molecular complexity index is 630. The molecule has 0 fully saturated rings. The number of hydrogen-bond donors (Lipinski definition) is 0. The second-order valence-electron chi connectivity index (χ2n) is 6.02. The summed E-state index contributed by atoms with van der Waals surface area (Å²) in [5.41, 5.74) is -1.11. The van der Waals surface area contributed by atoms with Crippen molar-refractivity contribution in [1.29, 1.82) is 0 Å². The molecule has 1 aromatic carbocycles. The van der Waals surface area contributed by atoms with Gasteiger partial charge in [0.1, 0.15) is 0 Å². The molecule has 0 aliphatic heterocycles. The molecule has 0 heterocycles. The molecule has 1 aliphatic carbocycles. The highest BCUT2D eigenvalue weighted by atomic mass is 19.1. The molecule has 2 rings (SSSR count). The molecule has 0 saturated carbocycles. The van der Waals surface area contributed by atoms with Gasteiger partial charge in [-0.05, 0) is 36.2 Å². The van der Waals surface area contributed by atoms with Crippen molar-refractivity contribution < 1.29 is 14.2 Å². The Kier molecular flexibility index (Phi) is 3.69. The van der Waals surface area contributed by atoms with Crippen LogP contribution in [-0.2, 0) is 11.8 Å². The van der Waals surface area contributed by atoms with E-state index >= 15 is 0 Å². The number of halogens is 1. The second kappa shape index (κ2) is 5.05. The van der Waals surface area contributed by atoms with Crippen molar-refractivity contribution in [2.24, 2.45) is 5.92 Å². The number of hydrogen-bond acceptors (Lipinski definition) is 4. The zero-order chi connectivity index (χ0) is 15.9. The van der Waals surface area contributed by atoms with Crippen molar-refractivity contribution in [2.45, 2.75) is 45.4 Å². The summed E-state index contributed by atoms with van der Waals surface area (Å²) in [6, 6.07) is 1.19. The quantitative estimate of drug-likeness (QED) is 0.625. The molecular weight excluding hydrogens is 279 g/mol. The van der Waals surface area contributed by atoms with Gasteiger partial charge in [0, 0.05) is 11.6 Å². The van der Waals surface area contributed by atoms with Crippen LogP contribution in [0.5, 0.6) is 0 Å². The molecule has 114 valence electrons. The number of rotatable bonds is 3. The Balaban J connectivity index is 2.85. The van der Waals surface area contributed by atoms with E-state index in [2.05, 4.69) is 0 Å². The first-order chi connectivity index (χ1) is 9.70. The lowest BCUT2D eigenvalue weighted by molar-refractivity contribution is -0.399. The van der Waals surface area contributed by atoms with E-state index in [0.717, 1.165) is 6.42 Å². The molecule has 1 unspecified atom stereocenters. The van der Waals surface area contributed by atoms with Crippen LogP contribution in [0.25, 0.3) is 0 Å². The van der Waals surface area contributed by atoms with Crippen LogP contribution in [0, 0.1) is 32.0 Å². The van der Waals surface area contributed by atoms with Gasteiger partial charge in [0.15, 0.2) is 0 Å². The average Bonchev–Trinajstić information content (AvgIpc) is 2.37. The number of nitro benzene ring substituents is 2. The highest BCUT2D eigenvalue weighted by Crippen LogP contribution is 2.47. The molecule has 21 heavy (non-hydrogen) atoms. The molecular formula is C14H17FN2O4. The molecule has 0 amide bonds. The van der Waals surface area contributed by atoms with E-state index in [0.29, 0.717) is 24.0 Å². The zero-order valence-corrected chi connectivity index (χ0v) is 12.2. The van der Waals surface area contributed by atoms with Crippen LogP contribution in [0.3, 0.4) is 0 Å². The molecule has 6 nitrogen and oxygen atoms in total. The maximum Gasteiger partial charge on any atom is 0.315 e. The topological polar surface area (TPSA) is 86.3 Å². The highest BCUT2D eigenvalue weighted by molar-refractivity contribution is 5.58.